The molecular weight excluding hydrogens is 299 g/mol. The van der Waals surface area contributed by atoms with E-state index in [-0.39, 0.29) is 16.4 Å². The Balaban J connectivity index is 2.31. The molecule has 0 saturated heterocycles. The van der Waals surface area contributed by atoms with Crippen LogP contribution in [0.3, 0.4) is 0 Å². The van der Waals surface area contributed by atoms with Crippen LogP contribution in [0.15, 0.2) is 26.1 Å². The maximum atomic E-state index is 14.0. The van der Waals surface area contributed by atoms with Crippen LogP contribution < -0.4 is 17.0 Å². The van der Waals surface area contributed by atoms with Crippen LogP contribution in [0.5, 0.6) is 0 Å². The summed E-state index contributed by atoms with van der Waals surface area (Å²) in [6.45, 7) is 0. The topological polar surface area (TPSA) is 78.2 Å². The fourth-order valence-corrected chi connectivity index (χ4v) is 2.67. The first-order chi connectivity index (χ1) is 9.99. The van der Waals surface area contributed by atoms with Gasteiger partial charge in [-0.05, 0) is 31.4 Å². The minimum Gasteiger partial charge on any atom is -0.414 e. The minimum atomic E-state index is -0.915. The summed E-state index contributed by atoms with van der Waals surface area (Å²) < 4.78 is 19.9. The van der Waals surface area contributed by atoms with Crippen molar-refractivity contribution in [2.45, 2.75) is 25.7 Å². The lowest BCUT2D eigenvalue weighted by atomic mass is 9.98. The van der Waals surface area contributed by atoms with Crippen molar-refractivity contribution in [3.05, 3.63) is 55.2 Å². The summed E-state index contributed by atoms with van der Waals surface area (Å²) in [5, 5.41) is 0.0200. The van der Waals surface area contributed by atoms with Crippen LogP contribution in [-0.2, 0) is 12.8 Å². The third-order valence-corrected chi connectivity index (χ3v) is 3.91. The van der Waals surface area contributed by atoms with Crippen LogP contribution in [0.25, 0.3) is 5.69 Å². The molecule has 0 atom stereocenters. The summed E-state index contributed by atoms with van der Waals surface area (Å²) in [4.78, 5) is 24.5. The molecule has 0 spiro atoms. The molecule has 2 aromatic rings. The van der Waals surface area contributed by atoms with E-state index in [9.17, 15) is 14.0 Å². The number of nitrogens with zero attached hydrogens (tertiary/aromatic N) is 1. The van der Waals surface area contributed by atoms with Crippen molar-refractivity contribution in [2.24, 2.45) is 0 Å². The Hall–Kier alpha value is -2.08. The van der Waals surface area contributed by atoms with Gasteiger partial charge in [0.05, 0.1) is 22.0 Å². The molecule has 0 aliphatic heterocycles. The van der Waals surface area contributed by atoms with Crippen LogP contribution in [0.1, 0.15) is 24.2 Å². The SMILES string of the molecule is Nc1cc(-n2c(=O)oc3c(c2=O)CCCC3)c(F)cc1Cl. The maximum absolute atomic E-state index is 14.0. The molecule has 5 nitrogen and oxygen atoms in total. The third kappa shape index (κ3) is 2.25. The Morgan fingerprint density at radius 2 is 1.95 bits per heavy atom. The Morgan fingerprint density at radius 1 is 1.24 bits per heavy atom. The van der Waals surface area contributed by atoms with Crippen molar-refractivity contribution >= 4 is 17.3 Å². The van der Waals surface area contributed by atoms with E-state index in [1.165, 1.54) is 0 Å². The monoisotopic (exact) mass is 310 g/mol. The summed E-state index contributed by atoms with van der Waals surface area (Å²) in [7, 11) is 0. The highest BCUT2D eigenvalue weighted by atomic mass is 35.5. The largest absolute Gasteiger partial charge is 0.426 e. The van der Waals surface area contributed by atoms with E-state index in [0.717, 1.165) is 25.0 Å². The Bertz CT molecular complexity index is 841. The zero-order chi connectivity index (χ0) is 15.1. The molecule has 0 radical (unpaired) electrons. The summed E-state index contributed by atoms with van der Waals surface area (Å²) in [6, 6.07) is 2.13. The molecule has 1 aromatic carbocycles. The number of aromatic nitrogens is 1. The third-order valence-electron chi connectivity index (χ3n) is 3.58. The van der Waals surface area contributed by atoms with Crippen molar-refractivity contribution in [1.82, 2.24) is 4.57 Å². The molecule has 3 rings (SSSR count). The van der Waals surface area contributed by atoms with Gasteiger partial charge in [-0.2, -0.15) is 0 Å². The highest BCUT2D eigenvalue weighted by Gasteiger charge is 2.22. The van der Waals surface area contributed by atoms with Gasteiger partial charge in [-0.25, -0.2) is 13.8 Å². The second-order valence-electron chi connectivity index (χ2n) is 4.94. The highest BCUT2D eigenvalue weighted by molar-refractivity contribution is 6.33. The first kappa shape index (κ1) is 13.9. The van der Waals surface area contributed by atoms with Gasteiger partial charge in [0.1, 0.15) is 11.6 Å². The molecule has 7 heteroatoms. The summed E-state index contributed by atoms with van der Waals surface area (Å²) in [5.74, 6) is -1.32. The molecule has 1 aliphatic rings. The molecule has 0 unspecified atom stereocenters. The van der Waals surface area contributed by atoms with Gasteiger partial charge in [-0.1, -0.05) is 11.6 Å². The zero-order valence-corrected chi connectivity index (χ0v) is 11.7. The molecule has 0 bridgehead atoms. The van der Waals surface area contributed by atoms with Gasteiger partial charge < -0.3 is 10.2 Å². The standard InChI is InChI=1S/C14H12ClFN2O3/c15-8-5-9(16)11(6-10(8)17)18-13(19)7-3-1-2-4-12(7)21-14(18)20/h5-6H,1-4,17H2. The quantitative estimate of drug-likeness (QED) is 0.818. The normalized spacial score (nSPS) is 14.0. The van der Waals surface area contributed by atoms with Crippen molar-refractivity contribution in [2.75, 3.05) is 5.73 Å². The fourth-order valence-electron chi connectivity index (χ4n) is 2.52. The van der Waals surface area contributed by atoms with Gasteiger partial charge >= 0.3 is 5.76 Å². The Morgan fingerprint density at radius 3 is 2.71 bits per heavy atom. The van der Waals surface area contributed by atoms with Crippen LogP contribution in [-0.4, -0.2) is 4.57 Å². The van der Waals surface area contributed by atoms with Crippen LogP contribution in [0.2, 0.25) is 5.02 Å². The number of hydrogen-bond acceptors (Lipinski definition) is 4. The van der Waals surface area contributed by atoms with Gasteiger partial charge in [0, 0.05) is 6.42 Å². The number of nitrogen functional groups attached to an aromatic ring is 1. The van der Waals surface area contributed by atoms with Crippen molar-refractivity contribution < 1.29 is 8.81 Å². The molecule has 1 aliphatic carbocycles. The molecule has 1 heterocycles. The first-order valence-electron chi connectivity index (χ1n) is 6.52. The lowest BCUT2D eigenvalue weighted by molar-refractivity contribution is 0.386. The number of aryl methyl sites for hydroxylation is 1. The average molecular weight is 311 g/mol. The van der Waals surface area contributed by atoms with E-state index in [2.05, 4.69) is 0 Å². The van der Waals surface area contributed by atoms with Gasteiger partial charge in [-0.3, -0.25) is 4.79 Å². The van der Waals surface area contributed by atoms with Crippen LogP contribution in [0, 0.1) is 5.82 Å². The molecule has 0 fully saturated rings. The Labute approximate surface area is 123 Å². The molecule has 0 saturated carbocycles. The van der Waals surface area contributed by atoms with E-state index >= 15 is 0 Å². The van der Waals surface area contributed by atoms with Crippen molar-refractivity contribution in [3.63, 3.8) is 0 Å². The average Bonchev–Trinajstić information content (AvgIpc) is 2.44. The molecule has 21 heavy (non-hydrogen) atoms. The maximum Gasteiger partial charge on any atom is 0.426 e. The number of anilines is 1. The van der Waals surface area contributed by atoms with Crippen LogP contribution >= 0.6 is 11.6 Å². The fraction of sp³-hybridized carbons (Fsp3) is 0.286. The number of fused-ring (bicyclic) bond motifs is 1. The van der Waals surface area contributed by atoms with Gasteiger partial charge in [-0.15, -0.1) is 0 Å². The second-order valence-corrected chi connectivity index (χ2v) is 5.35. The Kier molecular flexibility index (Phi) is 3.33. The predicted octanol–water partition coefficient (Wildman–Crippen LogP) is 2.04. The van der Waals surface area contributed by atoms with Crippen LogP contribution in [0.4, 0.5) is 10.1 Å². The zero-order valence-electron chi connectivity index (χ0n) is 11.0. The number of nitrogens with two attached hydrogens (primary N) is 1. The van der Waals surface area contributed by atoms with E-state index in [4.69, 9.17) is 21.8 Å². The smallest absolute Gasteiger partial charge is 0.414 e. The van der Waals surface area contributed by atoms with E-state index in [1.807, 2.05) is 0 Å². The molecular formula is C14H12ClFN2O3. The highest BCUT2D eigenvalue weighted by Crippen LogP contribution is 2.24. The summed E-state index contributed by atoms with van der Waals surface area (Å²) in [6.07, 6.45) is 2.76. The lowest BCUT2D eigenvalue weighted by Crippen LogP contribution is -2.36. The predicted molar refractivity (Wildman–Crippen MR) is 76.6 cm³/mol. The number of rotatable bonds is 1. The van der Waals surface area contributed by atoms with Crippen molar-refractivity contribution in [1.29, 1.82) is 0 Å². The van der Waals surface area contributed by atoms with Gasteiger partial charge in [0.15, 0.2) is 0 Å². The minimum absolute atomic E-state index is 0.0200. The number of halogens is 2. The summed E-state index contributed by atoms with van der Waals surface area (Å²) in [5.41, 5.74) is 5.32. The van der Waals surface area contributed by atoms with Crippen molar-refractivity contribution in [3.8, 4) is 5.69 Å². The number of hydrogen-bond donors (Lipinski definition) is 1. The van der Waals surface area contributed by atoms with E-state index in [1.54, 1.807) is 0 Å². The second kappa shape index (κ2) is 5.04. The van der Waals surface area contributed by atoms with E-state index < -0.39 is 17.1 Å². The summed E-state index contributed by atoms with van der Waals surface area (Å²) >= 11 is 5.71. The number of benzene rings is 1. The van der Waals surface area contributed by atoms with E-state index in [0.29, 0.717) is 28.7 Å². The molecule has 1 aromatic heterocycles. The lowest BCUT2D eigenvalue weighted by Gasteiger charge is -2.15. The van der Waals surface area contributed by atoms with Gasteiger partial charge in [0.25, 0.3) is 5.56 Å². The molecule has 110 valence electrons. The molecule has 2 N–H and O–H groups in total. The van der Waals surface area contributed by atoms with Gasteiger partial charge in [0.2, 0.25) is 0 Å². The molecule has 0 amide bonds. The first-order valence-corrected chi connectivity index (χ1v) is 6.89.